The molecule has 0 saturated carbocycles. The maximum atomic E-state index is 11.9. The maximum Gasteiger partial charge on any atom is 0.270 e. The number of hydrogen-bond acceptors (Lipinski definition) is 6. The van der Waals surface area contributed by atoms with Crippen molar-refractivity contribution in [2.24, 2.45) is 9.98 Å². The minimum absolute atomic E-state index is 0.00504. The van der Waals surface area contributed by atoms with Crippen molar-refractivity contribution in [3.05, 3.63) is 139 Å². The van der Waals surface area contributed by atoms with E-state index in [1.165, 1.54) is 6.07 Å². The topological polar surface area (TPSA) is 111 Å². The quantitative estimate of drug-likeness (QED) is 0.0900. The molecule has 0 heterocycles. The molecule has 0 amide bonds. The third kappa shape index (κ3) is 6.44. The van der Waals surface area contributed by atoms with Gasteiger partial charge in [-0.25, -0.2) is 0 Å². The molecule has 0 saturated heterocycles. The zero-order chi connectivity index (χ0) is 29.7. The number of aliphatic imine (C=N–C) groups is 2. The number of rotatable bonds is 9. The summed E-state index contributed by atoms with van der Waals surface area (Å²) < 4.78 is 0. The summed E-state index contributed by atoms with van der Waals surface area (Å²) in [4.78, 5) is 32.4. The van der Waals surface area contributed by atoms with Gasteiger partial charge >= 0.3 is 0 Å². The number of nitrogens with zero attached hydrogens (tertiary/aromatic N) is 4. The second-order valence-corrected chi connectivity index (χ2v) is 9.99. The van der Waals surface area contributed by atoms with Gasteiger partial charge in [0.25, 0.3) is 11.4 Å². The van der Waals surface area contributed by atoms with Gasteiger partial charge in [0.15, 0.2) is 0 Å². The van der Waals surface area contributed by atoms with Gasteiger partial charge in [-0.15, -0.1) is 0 Å². The fourth-order valence-corrected chi connectivity index (χ4v) is 4.97. The van der Waals surface area contributed by atoms with Gasteiger partial charge in [0.1, 0.15) is 0 Å². The number of nitro groups is 2. The molecule has 4 rings (SSSR count). The molecule has 0 radical (unpaired) electrons. The molecular formula is C33H32N4O4. The van der Waals surface area contributed by atoms with E-state index >= 15 is 0 Å². The Morgan fingerprint density at radius 3 is 1.61 bits per heavy atom. The fraction of sp³-hybridized carbons (Fsp3) is 0.212. The third-order valence-corrected chi connectivity index (χ3v) is 7.14. The van der Waals surface area contributed by atoms with Crippen LogP contribution in [-0.2, 0) is 6.42 Å². The molecule has 8 heteroatoms. The van der Waals surface area contributed by atoms with Crippen molar-refractivity contribution in [1.82, 2.24) is 0 Å². The van der Waals surface area contributed by atoms with Crippen molar-refractivity contribution in [3.63, 3.8) is 0 Å². The summed E-state index contributed by atoms with van der Waals surface area (Å²) >= 11 is 0. The number of benzene rings is 4. The Morgan fingerprint density at radius 1 is 0.707 bits per heavy atom. The first-order valence-corrected chi connectivity index (χ1v) is 13.4. The van der Waals surface area contributed by atoms with Crippen molar-refractivity contribution >= 4 is 34.2 Å². The molecule has 0 aliphatic rings. The molecule has 208 valence electrons. The second-order valence-electron chi connectivity index (χ2n) is 9.99. The molecule has 4 aromatic rings. The van der Waals surface area contributed by atoms with Gasteiger partial charge in [-0.1, -0.05) is 67.6 Å². The molecule has 0 aromatic heterocycles. The van der Waals surface area contributed by atoms with E-state index in [1.807, 2.05) is 95.3 Å². The van der Waals surface area contributed by atoms with Crippen LogP contribution in [0.25, 0.3) is 0 Å². The molecule has 0 bridgehead atoms. The van der Waals surface area contributed by atoms with E-state index in [2.05, 4.69) is 0 Å². The smallest absolute Gasteiger partial charge is 0.258 e. The van der Waals surface area contributed by atoms with Crippen LogP contribution in [0.5, 0.6) is 0 Å². The van der Waals surface area contributed by atoms with Crippen molar-refractivity contribution in [2.45, 2.75) is 47.0 Å². The van der Waals surface area contributed by atoms with Crippen LogP contribution < -0.4 is 0 Å². The van der Waals surface area contributed by atoms with E-state index < -0.39 is 4.92 Å². The van der Waals surface area contributed by atoms with Gasteiger partial charge in [0, 0.05) is 30.2 Å². The van der Waals surface area contributed by atoms with E-state index in [1.54, 1.807) is 18.2 Å². The van der Waals surface area contributed by atoms with Crippen LogP contribution >= 0.6 is 0 Å². The summed E-state index contributed by atoms with van der Waals surface area (Å²) in [6, 6.07) is 26.0. The fourth-order valence-electron chi connectivity index (χ4n) is 4.97. The molecule has 41 heavy (non-hydrogen) atoms. The van der Waals surface area contributed by atoms with Gasteiger partial charge in [-0.05, 0) is 67.5 Å². The number of aryl methyl sites for hydroxylation is 3. The molecule has 0 unspecified atom stereocenters. The lowest BCUT2D eigenvalue weighted by molar-refractivity contribution is -0.385. The molecular weight excluding hydrogens is 516 g/mol. The van der Waals surface area contributed by atoms with E-state index in [0.717, 1.165) is 22.3 Å². The monoisotopic (exact) mass is 548 g/mol. The highest BCUT2D eigenvalue weighted by atomic mass is 16.6. The number of nitro benzene ring substituents is 2. The minimum atomic E-state index is -0.395. The average Bonchev–Trinajstić information content (AvgIpc) is 2.96. The zero-order valence-electron chi connectivity index (χ0n) is 23.8. The van der Waals surface area contributed by atoms with E-state index in [9.17, 15) is 20.2 Å². The van der Waals surface area contributed by atoms with Gasteiger partial charge in [-0.3, -0.25) is 30.2 Å². The summed E-state index contributed by atoms with van der Waals surface area (Å²) in [6.07, 6.45) is 0.590. The zero-order valence-corrected chi connectivity index (χ0v) is 23.8. The van der Waals surface area contributed by atoms with Crippen LogP contribution in [0.15, 0.2) is 94.9 Å². The minimum Gasteiger partial charge on any atom is -0.258 e. The standard InChI is InChI=1S/C33H32N4O4/c1-6-25-19-28(36(38)39)17-21(2)32(25)34-23(4)24(5)35-33-22(3)18-29(37(40)41)20-30(33)31(26-13-9-7-10-14-26)27-15-11-8-12-16-27/h7-20,31H,6H2,1-5H3. The highest BCUT2D eigenvalue weighted by molar-refractivity contribution is 6.41. The molecule has 8 nitrogen and oxygen atoms in total. The summed E-state index contributed by atoms with van der Waals surface area (Å²) in [5.74, 6) is -0.289. The third-order valence-electron chi connectivity index (χ3n) is 7.14. The number of hydrogen-bond donors (Lipinski definition) is 0. The van der Waals surface area contributed by atoms with Crippen molar-refractivity contribution in [2.75, 3.05) is 0 Å². The molecule has 0 fully saturated rings. The largest absolute Gasteiger partial charge is 0.270 e. The van der Waals surface area contributed by atoms with Gasteiger partial charge in [0.05, 0.1) is 32.6 Å². The Labute approximate surface area is 239 Å². The normalized spacial score (nSPS) is 12.0. The number of non-ortho nitro benzene ring substituents is 2. The average molecular weight is 549 g/mol. The maximum absolute atomic E-state index is 11.9. The van der Waals surface area contributed by atoms with Crippen molar-refractivity contribution in [1.29, 1.82) is 0 Å². The Morgan fingerprint density at radius 2 is 1.15 bits per heavy atom. The van der Waals surface area contributed by atoms with Crippen molar-refractivity contribution < 1.29 is 9.85 Å². The van der Waals surface area contributed by atoms with Crippen LogP contribution in [0.3, 0.4) is 0 Å². The van der Waals surface area contributed by atoms with E-state index in [4.69, 9.17) is 9.98 Å². The molecule has 0 N–H and O–H groups in total. The highest BCUT2D eigenvalue weighted by Crippen LogP contribution is 2.41. The SMILES string of the molecule is CCc1cc([N+](=O)[O-])cc(C)c1N=C(C)C(C)=Nc1c(C)cc([N+](=O)[O-])cc1C(c1ccccc1)c1ccccc1. The highest BCUT2D eigenvalue weighted by Gasteiger charge is 2.25. The van der Waals surface area contributed by atoms with Gasteiger partial charge in [-0.2, -0.15) is 0 Å². The van der Waals surface area contributed by atoms with Crippen LogP contribution in [0.4, 0.5) is 22.7 Å². The van der Waals surface area contributed by atoms with Crippen LogP contribution in [-0.4, -0.2) is 21.3 Å². The Balaban J connectivity index is 1.91. The first-order chi connectivity index (χ1) is 19.6. The predicted molar refractivity (Wildman–Crippen MR) is 164 cm³/mol. The first-order valence-electron chi connectivity index (χ1n) is 13.4. The lowest BCUT2D eigenvalue weighted by atomic mass is 9.83. The first kappa shape index (κ1) is 29.0. The molecule has 4 aromatic carbocycles. The van der Waals surface area contributed by atoms with Crippen LogP contribution in [0, 0.1) is 34.1 Å². The second kappa shape index (κ2) is 12.5. The van der Waals surface area contributed by atoms with Gasteiger partial charge in [0.2, 0.25) is 0 Å². The Kier molecular flexibility index (Phi) is 8.82. The summed E-state index contributed by atoms with van der Waals surface area (Å²) in [7, 11) is 0. The molecule has 0 aliphatic carbocycles. The summed E-state index contributed by atoms with van der Waals surface area (Å²) in [5.41, 5.74) is 7.56. The molecule has 0 spiro atoms. The van der Waals surface area contributed by atoms with E-state index in [0.29, 0.717) is 40.3 Å². The Hall–Kier alpha value is -4.98. The van der Waals surface area contributed by atoms with Crippen molar-refractivity contribution in [3.8, 4) is 0 Å². The summed E-state index contributed by atoms with van der Waals surface area (Å²) in [5, 5.41) is 23.3. The molecule has 0 aliphatic heterocycles. The Bertz CT molecular complexity index is 1620. The lowest BCUT2D eigenvalue weighted by Gasteiger charge is -2.22. The summed E-state index contributed by atoms with van der Waals surface area (Å²) in [6.45, 7) is 9.29. The molecule has 0 atom stereocenters. The van der Waals surface area contributed by atoms with Crippen LogP contribution in [0.2, 0.25) is 0 Å². The predicted octanol–water partition coefficient (Wildman–Crippen LogP) is 8.75. The van der Waals surface area contributed by atoms with Gasteiger partial charge < -0.3 is 0 Å². The van der Waals surface area contributed by atoms with Crippen LogP contribution in [0.1, 0.15) is 60.1 Å². The lowest BCUT2D eigenvalue weighted by Crippen LogP contribution is -2.09. The van der Waals surface area contributed by atoms with E-state index in [-0.39, 0.29) is 22.2 Å².